The smallest absolute Gasteiger partial charge is 0.226 e. The number of hydrogen-bond donors (Lipinski definition) is 1. The lowest BCUT2D eigenvalue weighted by atomic mass is 9.86. The van der Waals surface area contributed by atoms with Crippen LogP contribution in [0.3, 0.4) is 0 Å². The number of nitrogens with zero attached hydrogens (tertiary/aromatic N) is 2. The molecule has 0 unspecified atom stereocenters. The number of carbonyl (C=O) groups excluding carboxylic acids is 1. The van der Waals surface area contributed by atoms with Gasteiger partial charge in [-0.2, -0.15) is 0 Å². The first kappa shape index (κ1) is 16.5. The number of carbonyl (C=O) groups is 1. The molecule has 3 atom stereocenters. The fraction of sp³-hybridized carbons (Fsp3) is 0.789. The Labute approximate surface area is 149 Å². The van der Waals surface area contributed by atoms with E-state index >= 15 is 0 Å². The highest BCUT2D eigenvalue weighted by atomic mass is 32.1. The molecule has 2 heterocycles. The molecule has 1 aliphatic heterocycles. The van der Waals surface area contributed by atoms with Crippen LogP contribution in [0.25, 0.3) is 0 Å². The summed E-state index contributed by atoms with van der Waals surface area (Å²) in [6, 6.07) is 0. The summed E-state index contributed by atoms with van der Waals surface area (Å²) in [4.78, 5) is 19.4. The van der Waals surface area contributed by atoms with Gasteiger partial charge in [0.1, 0.15) is 0 Å². The summed E-state index contributed by atoms with van der Waals surface area (Å²) >= 11 is 1.57. The Morgan fingerprint density at radius 1 is 1.29 bits per heavy atom. The van der Waals surface area contributed by atoms with Gasteiger partial charge in [0.2, 0.25) is 5.91 Å². The van der Waals surface area contributed by atoms with E-state index in [1.54, 1.807) is 11.3 Å². The normalized spacial score (nSPS) is 30.8. The Balaban J connectivity index is 1.25. The zero-order chi connectivity index (χ0) is 16.5. The van der Waals surface area contributed by atoms with E-state index in [0.717, 1.165) is 35.1 Å². The maximum absolute atomic E-state index is 12.3. The van der Waals surface area contributed by atoms with Crippen LogP contribution in [0, 0.1) is 23.7 Å². The van der Waals surface area contributed by atoms with Crippen molar-refractivity contribution in [3.05, 3.63) is 11.1 Å². The number of fused-ring (bicyclic) bond motifs is 2. The summed E-state index contributed by atoms with van der Waals surface area (Å²) in [6.45, 7) is 5.60. The number of hydrogen-bond acceptors (Lipinski definition) is 4. The second kappa shape index (κ2) is 7.12. The summed E-state index contributed by atoms with van der Waals surface area (Å²) in [5.41, 5.74) is 1.10. The van der Waals surface area contributed by atoms with Gasteiger partial charge in [-0.25, -0.2) is 4.98 Å². The molecule has 0 aromatic carbocycles. The van der Waals surface area contributed by atoms with E-state index in [2.05, 4.69) is 27.5 Å². The number of rotatable bonds is 5. The van der Waals surface area contributed by atoms with Gasteiger partial charge >= 0.3 is 0 Å². The van der Waals surface area contributed by atoms with Crippen molar-refractivity contribution in [1.82, 2.24) is 9.88 Å². The highest BCUT2D eigenvalue weighted by Gasteiger charge is 2.40. The highest BCUT2D eigenvalue weighted by Crippen LogP contribution is 2.49. The predicted molar refractivity (Wildman–Crippen MR) is 98.0 cm³/mol. The Morgan fingerprint density at radius 3 is 2.83 bits per heavy atom. The molecule has 5 heteroatoms. The number of nitrogens with one attached hydrogen (secondary N) is 1. The summed E-state index contributed by atoms with van der Waals surface area (Å²) in [7, 11) is 0. The van der Waals surface area contributed by atoms with Crippen LogP contribution in [0.5, 0.6) is 0 Å². The van der Waals surface area contributed by atoms with Gasteiger partial charge in [0, 0.05) is 18.3 Å². The second-order valence-corrected chi connectivity index (χ2v) is 9.15. The van der Waals surface area contributed by atoms with E-state index in [1.807, 2.05) is 0 Å². The minimum absolute atomic E-state index is 0.167. The van der Waals surface area contributed by atoms with Gasteiger partial charge in [0.25, 0.3) is 0 Å². The molecular weight excluding hydrogens is 318 g/mol. The van der Waals surface area contributed by atoms with Gasteiger partial charge in [-0.15, -0.1) is 11.3 Å². The molecule has 2 aliphatic carbocycles. The standard InChI is InChI=1S/C19H29N3OS/c1-13-4-6-22(7-5-13)11-17-12-24-19(20-17)21-18(23)10-16-9-14-2-3-15(16)8-14/h12-16H,2-11H2,1H3,(H,20,21,23)/t14-,15-,16+/m1/s1. The average molecular weight is 348 g/mol. The first-order valence-electron chi connectivity index (χ1n) is 9.62. The van der Waals surface area contributed by atoms with E-state index in [1.165, 1.54) is 51.6 Å². The van der Waals surface area contributed by atoms with E-state index in [9.17, 15) is 4.79 Å². The third-order valence-electron chi connectivity index (χ3n) is 6.39. The largest absolute Gasteiger partial charge is 0.302 e. The van der Waals surface area contributed by atoms with Crippen molar-refractivity contribution >= 4 is 22.4 Å². The lowest BCUT2D eigenvalue weighted by molar-refractivity contribution is -0.117. The van der Waals surface area contributed by atoms with E-state index < -0.39 is 0 Å². The summed E-state index contributed by atoms with van der Waals surface area (Å²) in [5, 5.41) is 5.93. The molecule has 1 amide bonds. The van der Waals surface area contributed by atoms with Crippen LogP contribution in [0.1, 0.15) is 57.6 Å². The molecule has 0 radical (unpaired) electrons. The number of aromatic nitrogens is 1. The fourth-order valence-electron chi connectivity index (χ4n) is 4.92. The number of thiazole rings is 1. The maximum Gasteiger partial charge on any atom is 0.226 e. The Bertz CT molecular complexity index is 579. The van der Waals surface area contributed by atoms with Crippen LogP contribution in [0.15, 0.2) is 5.38 Å². The number of amides is 1. The molecule has 1 aromatic heterocycles. The average Bonchev–Trinajstić information content (AvgIpc) is 3.27. The van der Waals surface area contributed by atoms with E-state index in [0.29, 0.717) is 12.3 Å². The summed E-state index contributed by atoms with van der Waals surface area (Å²) < 4.78 is 0. The van der Waals surface area contributed by atoms with Gasteiger partial charge in [0.15, 0.2) is 5.13 Å². The third kappa shape index (κ3) is 3.83. The molecule has 24 heavy (non-hydrogen) atoms. The molecule has 4 nitrogen and oxygen atoms in total. The topological polar surface area (TPSA) is 45.2 Å². The minimum Gasteiger partial charge on any atom is -0.302 e. The van der Waals surface area contributed by atoms with Crippen molar-refractivity contribution in [3.8, 4) is 0 Å². The third-order valence-corrected chi connectivity index (χ3v) is 7.20. The van der Waals surface area contributed by atoms with Crippen molar-refractivity contribution in [2.45, 2.75) is 58.4 Å². The Kier molecular flexibility index (Phi) is 4.90. The van der Waals surface area contributed by atoms with Gasteiger partial charge in [-0.05, 0) is 68.9 Å². The SMILES string of the molecule is CC1CCN(Cc2csc(NC(=O)C[C@@H]3C[C@@H]4CC[C@@H]3C4)n2)CC1. The molecule has 1 saturated heterocycles. The first-order chi connectivity index (χ1) is 11.7. The number of likely N-dealkylation sites (tertiary alicyclic amines) is 1. The number of anilines is 1. The molecule has 2 bridgehead atoms. The molecule has 3 fully saturated rings. The van der Waals surface area contributed by atoms with Gasteiger partial charge in [-0.1, -0.05) is 13.3 Å². The van der Waals surface area contributed by atoms with Crippen LogP contribution >= 0.6 is 11.3 Å². The van der Waals surface area contributed by atoms with Crippen molar-refractivity contribution in [2.75, 3.05) is 18.4 Å². The van der Waals surface area contributed by atoms with Crippen LogP contribution in [-0.2, 0) is 11.3 Å². The molecule has 3 aliphatic rings. The highest BCUT2D eigenvalue weighted by molar-refractivity contribution is 7.13. The maximum atomic E-state index is 12.3. The quantitative estimate of drug-likeness (QED) is 0.871. The van der Waals surface area contributed by atoms with Crippen molar-refractivity contribution < 1.29 is 4.79 Å². The van der Waals surface area contributed by atoms with Crippen LogP contribution in [0.2, 0.25) is 0 Å². The molecule has 1 N–H and O–H groups in total. The van der Waals surface area contributed by atoms with Gasteiger partial charge in [0.05, 0.1) is 5.69 Å². The van der Waals surface area contributed by atoms with Gasteiger partial charge < -0.3 is 5.32 Å². The molecule has 0 spiro atoms. The minimum atomic E-state index is 0.167. The van der Waals surface area contributed by atoms with E-state index in [4.69, 9.17) is 0 Å². The van der Waals surface area contributed by atoms with Crippen molar-refractivity contribution in [1.29, 1.82) is 0 Å². The zero-order valence-electron chi connectivity index (χ0n) is 14.7. The zero-order valence-corrected chi connectivity index (χ0v) is 15.5. The molecule has 1 aromatic rings. The lowest BCUT2D eigenvalue weighted by Gasteiger charge is -2.29. The predicted octanol–water partition coefficient (Wildman–Crippen LogP) is 4.14. The molecule has 4 rings (SSSR count). The summed E-state index contributed by atoms with van der Waals surface area (Å²) in [6.07, 6.45) is 8.66. The molecule has 132 valence electrons. The monoisotopic (exact) mass is 347 g/mol. The lowest BCUT2D eigenvalue weighted by Crippen LogP contribution is -2.32. The first-order valence-corrected chi connectivity index (χ1v) is 10.5. The molecular formula is C19H29N3OS. The number of piperidine rings is 1. The van der Waals surface area contributed by atoms with Crippen LogP contribution in [0.4, 0.5) is 5.13 Å². The summed E-state index contributed by atoms with van der Waals surface area (Å²) in [5.74, 6) is 3.37. The van der Waals surface area contributed by atoms with Crippen LogP contribution < -0.4 is 5.32 Å². The Morgan fingerprint density at radius 2 is 2.12 bits per heavy atom. The molecule has 2 saturated carbocycles. The van der Waals surface area contributed by atoms with Gasteiger partial charge in [-0.3, -0.25) is 9.69 Å². The second-order valence-electron chi connectivity index (χ2n) is 8.29. The van der Waals surface area contributed by atoms with E-state index in [-0.39, 0.29) is 5.91 Å². The van der Waals surface area contributed by atoms with Crippen LogP contribution in [-0.4, -0.2) is 28.9 Å². The Hall–Kier alpha value is -0.940. The van der Waals surface area contributed by atoms with Crippen molar-refractivity contribution in [2.24, 2.45) is 23.7 Å². The fourth-order valence-corrected chi connectivity index (χ4v) is 5.64. The van der Waals surface area contributed by atoms with Crippen molar-refractivity contribution in [3.63, 3.8) is 0 Å².